The summed E-state index contributed by atoms with van der Waals surface area (Å²) in [6.45, 7) is 9.35. The lowest BCUT2D eigenvalue weighted by Gasteiger charge is -2.38. The molecule has 1 aromatic carbocycles. The average Bonchev–Trinajstić information content (AvgIpc) is 3.99. The Labute approximate surface area is 328 Å². The average molecular weight is 800 g/mol. The predicted molar refractivity (Wildman–Crippen MR) is 207 cm³/mol. The number of fused-ring (bicyclic) bond motifs is 5. The first-order valence-corrected chi connectivity index (χ1v) is 21.6. The van der Waals surface area contributed by atoms with Crippen molar-refractivity contribution in [1.82, 2.24) is 24.8 Å². The summed E-state index contributed by atoms with van der Waals surface area (Å²) in [6, 6.07) is 3.38. The number of ether oxygens (including phenoxy) is 1. The molecule has 1 aromatic heterocycles. The van der Waals surface area contributed by atoms with Gasteiger partial charge < -0.3 is 20.1 Å². The van der Waals surface area contributed by atoms with Crippen LogP contribution in [0, 0.1) is 18.3 Å². The van der Waals surface area contributed by atoms with E-state index in [1.165, 1.54) is 9.80 Å². The maximum absolute atomic E-state index is 15.0. The number of nitrogens with one attached hydrogen (secondary N) is 2. The number of amides is 4. The van der Waals surface area contributed by atoms with Gasteiger partial charge >= 0.3 is 6.09 Å². The number of carbonyl (C=O) groups is 4. The molecule has 3 N–H and O–H groups in total. The van der Waals surface area contributed by atoms with Crippen molar-refractivity contribution in [2.24, 2.45) is 11.3 Å². The van der Waals surface area contributed by atoms with Crippen molar-refractivity contribution >= 4 is 56.3 Å². The topological polar surface area (TPSA) is 175 Å². The fourth-order valence-corrected chi connectivity index (χ4v) is 10.5. The number of carbonyl (C=O) groups excluding carboxylic acids is 3. The highest BCUT2D eigenvalue weighted by Gasteiger charge is 2.64. The van der Waals surface area contributed by atoms with E-state index in [9.17, 15) is 32.7 Å². The zero-order chi connectivity index (χ0) is 39.7. The molecule has 300 valence electrons. The third kappa shape index (κ3) is 7.61. The SMILES string of the molecule is Cc1nc2cc(Cl)ccc2c2c1O[C@]1(CC2)C[C@H]2C(=O)N[C@]3(C(=O)NS(=O)(=O)C4(C)CC4)C[C@@H]3CCCCCCC[C@H](N(CC(C)(C)C)C(=O)O)C(=O)N2C1. The number of sulfonamides is 1. The summed E-state index contributed by atoms with van der Waals surface area (Å²) in [4.78, 5) is 64.1. The Morgan fingerprint density at radius 2 is 1.78 bits per heavy atom. The summed E-state index contributed by atoms with van der Waals surface area (Å²) < 4.78 is 34.6. The minimum Gasteiger partial charge on any atom is -0.483 e. The van der Waals surface area contributed by atoms with E-state index in [2.05, 4.69) is 10.0 Å². The molecule has 2 saturated heterocycles. The van der Waals surface area contributed by atoms with Gasteiger partial charge in [0.1, 0.15) is 29.0 Å². The fourth-order valence-electron chi connectivity index (χ4n) is 9.03. The van der Waals surface area contributed by atoms with Crippen LogP contribution in [0.4, 0.5) is 4.79 Å². The normalized spacial score (nSPS) is 29.5. The third-order valence-electron chi connectivity index (χ3n) is 12.6. The van der Waals surface area contributed by atoms with Gasteiger partial charge in [-0.2, -0.15) is 0 Å². The molecule has 1 spiro atoms. The molecule has 15 heteroatoms. The van der Waals surface area contributed by atoms with E-state index in [0.29, 0.717) is 61.4 Å². The molecule has 2 aromatic rings. The highest BCUT2D eigenvalue weighted by atomic mass is 35.5. The smallest absolute Gasteiger partial charge is 0.407 e. The first-order chi connectivity index (χ1) is 25.8. The number of hydrogen-bond donors (Lipinski definition) is 3. The van der Waals surface area contributed by atoms with Crippen LogP contribution in [0.2, 0.25) is 5.02 Å². The molecule has 5 aliphatic rings. The number of carboxylic acid groups (broad SMARTS) is 1. The van der Waals surface area contributed by atoms with Crippen LogP contribution in [0.5, 0.6) is 5.75 Å². The quantitative estimate of drug-likeness (QED) is 0.334. The first kappa shape index (κ1) is 39.6. The van der Waals surface area contributed by atoms with Gasteiger partial charge in [0.25, 0.3) is 5.91 Å². The lowest BCUT2D eigenvalue weighted by atomic mass is 9.87. The molecule has 0 radical (unpaired) electrons. The Morgan fingerprint density at radius 3 is 2.45 bits per heavy atom. The van der Waals surface area contributed by atoms with Gasteiger partial charge in [-0.1, -0.05) is 70.5 Å². The zero-order valence-corrected chi connectivity index (χ0v) is 34.1. The number of aromatic nitrogens is 1. The zero-order valence-electron chi connectivity index (χ0n) is 32.5. The lowest BCUT2D eigenvalue weighted by molar-refractivity contribution is -0.143. The molecular weight excluding hydrogens is 746 g/mol. The lowest BCUT2D eigenvalue weighted by Crippen LogP contribution is -2.59. The maximum Gasteiger partial charge on any atom is 0.407 e. The van der Waals surface area contributed by atoms with Crippen molar-refractivity contribution in [3.63, 3.8) is 0 Å². The number of aryl methyl sites for hydroxylation is 2. The van der Waals surface area contributed by atoms with Crippen molar-refractivity contribution in [2.45, 2.75) is 146 Å². The minimum absolute atomic E-state index is 0.0241. The molecule has 13 nitrogen and oxygen atoms in total. The summed E-state index contributed by atoms with van der Waals surface area (Å²) in [5.74, 6) is -1.48. The number of benzene rings is 1. The molecular formula is C40H54ClN5O8S. The molecule has 5 atom stereocenters. The van der Waals surface area contributed by atoms with Crippen molar-refractivity contribution in [3.05, 3.63) is 34.5 Å². The summed E-state index contributed by atoms with van der Waals surface area (Å²) in [6.07, 6.45) is 5.96. The Kier molecular flexibility index (Phi) is 10.1. The number of pyridine rings is 1. The van der Waals surface area contributed by atoms with Crippen LogP contribution in [0.15, 0.2) is 18.2 Å². The molecule has 4 fully saturated rings. The molecule has 3 aliphatic heterocycles. The van der Waals surface area contributed by atoms with E-state index >= 15 is 0 Å². The number of hydrogen-bond acceptors (Lipinski definition) is 8. The Hall–Kier alpha value is -3.65. The minimum atomic E-state index is -3.98. The predicted octanol–water partition coefficient (Wildman–Crippen LogP) is 5.87. The van der Waals surface area contributed by atoms with Crippen LogP contribution >= 0.6 is 11.6 Å². The van der Waals surface area contributed by atoms with Gasteiger partial charge in [0, 0.05) is 28.9 Å². The molecule has 4 amide bonds. The Morgan fingerprint density at radius 1 is 1.09 bits per heavy atom. The largest absolute Gasteiger partial charge is 0.483 e. The first-order valence-electron chi connectivity index (χ1n) is 19.7. The monoisotopic (exact) mass is 799 g/mol. The van der Waals surface area contributed by atoms with E-state index in [1.807, 2.05) is 39.8 Å². The highest BCUT2D eigenvalue weighted by Crippen LogP contribution is 2.50. The van der Waals surface area contributed by atoms with Crippen LogP contribution in [0.25, 0.3) is 10.9 Å². The van der Waals surface area contributed by atoms with Gasteiger partial charge in [-0.05, 0) is 82.3 Å². The molecule has 2 aliphatic carbocycles. The van der Waals surface area contributed by atoms with E-state index in [4.69, 9.17) is 21.3 Å². The van der Waals surface area contributed by atoms with Crippen LogP contribution in [-0.4, -0.2) is 93.2 Å². The van der Waals surface area contributed by atoms with E-state index in [1.54, 1.807) is 13.0 Å². The standard InChI is InChI=1S/C40H54ClN5O8S/c1-24-32-28(27-14-13-26(41)19-29(27)42-24)15-16-39(54-32)21-31-33(47)43-40(35(49)44-55(52,53)38(5)17-18-38)20-25(40)11-9-7-6-8-10-12-30(34(48)45(31)23-39)46(36(50)51)22-37(2,3)4/h13-14,19,25,30-31H,6-12,15-18,20-23H2,1-5H3,(H,43,47)(H,44,49)(H,50,51)/t25-,30-,31-,39+,40+/m0/s1. The number of rotatable bonds is 5. The van der Waals surface area contributed by atoms with Crippen molar-refractivity contribution < 1.29 is 37.4 Å². The van der Waals surface area contributed by atoms with Gasteiger partial charge in [-0.25, -0.2) is 18.2 Å². The van der Waals surface area contributed by atoms with Crippen LogP contribution in [0.1, 0.15) is 116 Å². The summed E-state index contributed by atoms with van der Waals surface area (Å²) in [7, 11) is -3.98. The number of nitrogens with zero attached hydrogens (tertiary/aromatic N) is 3. The highest BCUT2D eigenvalue weighted by molar-refractivity contribution is 7.91. The second kappa shape index (κ2) is 14.1. The number of halogens is 1. The van der Waals surface area contributed by atoms with Crippen LogP contribution in [0.3, 0.4) is 0 Å². The van der Waals surface area contributed by atoms with Gasteiger partial charge in [0.15, 0.2) is 0 Å². The molecule has 2 saturated carbocycles. The van der Waals surface area contributed by atoms with Crippen LogP contribution < -0.4 is 14.8 Å². The van der Waals surface area contributed by atoms with Crippen LogP contribution in [-0.2, 0) is 30.8 Å². The fraction of sp³-hybridized carbons (Fsp3) is 0.675. The van der Waals surface area contributed by atoms with Crippen molar-refractivity contribution in [1.29, 1.82) is 0 Å². The van der Waals surface area contributed by atoms with E-state index in [0.717, 1.165) is 42.1 Å². The second-order valence-corrected chi connectivity index (χ2v) is 20.8. The third-order valence-corrected chi connectivity index (χ3v) is 15.0. The maximum atomic E-state index is 15.0. The van der Waals surface area contributed by atoms with Crippen molar-refractivity contribution in [2.75, 3.05) is 13.1 Å². The van der Waals surface area contributed by atoms with Gasteiger partial charge in [0.05, 0.1) is 22.5 Å². The van der Waals surface area contributed by atoms with E-state index in [-0.39, 0.29) is 31.8 Å². The summed E-state index contributed by atoms with van der Waals surface area (Å²) in [5, 5.41) is 15.0. The summed E-state index contributed by atoms with van der Waals surface area (Å²) in [5.41, 5.74) is -0.552. The Balaban J connectivity index is 1.26. The second-order valence-electron chi connectivity index (χ2n) is 18.2. The molecule has 4 heterocycles. The molecule has 55 heavy (non-hydrogen) atoms. The van der Waals surface area contributed by atoms with Gasteiger partial charge in [0.2, 0.25) is 21.8 Å². The Bertz CT molecular complexity index is 2030. The van der Waals surface area contributed by atoms with Gasteiger partial charge in [-0.3, -0.25) is 24.0 Å². The van der Waals surface area contributed by atoms with Crippen molar-refractivity contribution in [3.8, 4) is 5.75 Å². The summed E-state index contributed by atoms with van der Waals surface area (Å²) >= 11 is 6.29. The molecule has 0 unspecified atom stereocenters. The van der Waals surface area contributed by atoms with E-state index < -0.39 is 67.2 Å². The van der Waals surface area contributed by atoms with Gasteiger partial charge in [-0.15, -0.1) is 0 Å². The molecule has 0 bridgehead atoms. The molecule has 7 rings (SSSR count).